The average Bonchev–Trinajstić information content (AvgIpc) is 2.38. The molecule has 0 radical (unpaired) electrons. The van der Waals surface area contributed by atoms with E-state index < -0.39 is 12.1 Å². The number of benzene rings is 1. The van der Waals surface area contributed by atoms with E-state index in [-0.39, 0.29) is 17.7 Å². The molecule has 114 valence electrons. The highest BCUT2D eigenvalue weighted by Crippen LogP contribution is 2.09. The molecule has 0 spiro atoms. The first-order valence-electron chi connectivity index (χ1n) is 6.78. The number of amides is 3. The van der Waals surface area contributed by atoms with Crippen LogP contribution in [0.25, 0.3) is 0 Å². The zero-order chi connectivity index (χ0) is 16.0. The summed E-state index contributed by atoms with van der Waals surface area (Å²) < 4.78 is 0. The first kappa shape index (κ1) is 16.7. The summed E-state index contributed by atoms with van der Waals surface area (Å²) in [5.41, 5.74) is 1.12. The predicted octanol–water partition coefficient (Wildman–Crippen LogP) is 1.92. The van der Waals surface area contributed by atoms with Crippen molar-refractivity contribution in [2.75, 3.05) is 5.32 Å². The van der Waals surface area contributed by atoms with Gasteiger partial charge >= 0.3 is 6.03 Å². The normalized spacial score (nSPS) is 11.7. The summed E-state index contributed by atoms with van der Waals surface area (Å²) in [6.45, 7) is 6.78. The van der Waals surface area contributed by atoms with Gasteiger partial charge in [-0.25, -0.2) is 4.79 Å². The van der Waals surface area contributed by atoms with Crippen LogP contribution in [0.4, 0.5) is 10.5 Å². The van der Waals surface area contributed by atoms with Crippen molar-refractivity contribution in [2.24, 2.45) is 0 Å². The van der Waals surface area contributed by atoms with Crippen LogP contribution in [0.2, 0.25) is 0 Å². The fraction of sp³-hybridized carbons (Fsp3) is 0.400. The molecule has 6 heteroatoms. The van der Waals surface area contributed by atoms with E-state index in [0.717, 1.165) is 0 Å². The van der Waals surface area contributed by atoms with Crippen LogP contribution in [0.3, 0.4) is 0 Å². The molecule has 1 aromatic rings. The largest absolute Gasteiger partial charge is 0.352 e. The van der Waals surface area contributed by atoms with Gasteiger partial charge in [-0.15, -0.1) is 0 Å². The summed E-state index contributed by atoms with van der Waals surface area (Å²) in [5, 5.41) is 7.86. The second kappa shape index (κ2) is 7.42. The molecule has 0 aromatic heterocycles. The van der Waals surface area contributed by atoms with E-state index in [0.29, 0.717) is 11.3 Å². The van der Waals surface area contributed by atoms with Gasteiger partial charge in [-0.2, -0.15) is 0 Å². The number of Topliss-reactive ketones (excluding diaryl/α,β-unsaturated/α-hetero) is 1. The van der Waals surface area contributed by atoms with Gasteiger partial charge in [-0.1, -0.05) is 0 Å². The molecule has 1 unspecified atom stereocenters. The van der Waals surface area contributed by atoms with Crippen molar-refractivity contribution in [1.82, 2.24) is 10.6 Å². The second-order valence-corrected chi connectivity index (χ2v) is 5.12. The van der Waals surface area contributed by atoms with Crippen LogP contribution in [0.1, 0.15) is 38.1 Å². The zero-order valence-electron chi connectivity index (χ0n) is 12.7. The van der Waals surface area contributed by atoms with Gasteiger partial charge in [0.2, 0.25) is 5.91 Å². The Balaban J connectivity index is 2.53. The molecule has 1 rings (SSSR count). The number of carbonyl (C=O) groups is 3. The zero-order valence-corrected chi connectivity index (χ0v) is 12.7. The minimum Gasteiger partial charge on any atom is -0.352 e. The van der Waals surface area contributed by atoms with E-state index in [9.17, 15) is 14.4 Å². The quantitative estimate of drug-likeness (QED) is 0.724. The van der Waals surface area contributed by atoms with Gasteiger partial charge in [0.1, 0.15) is 6.04 Å². The fourth-order valence-corrected chi connectivity index (χ4v) is 1.63. The molecule has 1 aromatic carbocycles. The predicted molar refractivity (Wildman–Crippen MR) is 81.3 cm³/mol. The number of rotatable bonds is 5. The topological polar surface area (TPSA) is 87.3 Å². The van der Waals surface area contributed by atoms with Crippen LogP contribution < -0.4 is 16.0 Å². The molecular weight excluding hydrogens is 270 g/mol. The number of ketones is 1. The highest BCUT2D eigenvalue weighted by molar-refractivity contribution is 5.96. The first-order valence-corrected chi connectivity index (χ1v) is 6.78. The number of urea groups is 1. The van der Waals surface area contributed by atoms with Gasteiger partial charge in [-0.05, 0) is 52.0 Å². The Labute approximate surface area is 124 Å². The van der Waals surface area contributed by atoms with Gasteiger partial charge in [0, 0.05) is 17.3 Å². The average molecular weight is 291 g/mol. The second-order valence-electron chi connectivity index (χ2n) is 5.12. The molecule has 0 aliphatic carbocycles. The molecule has 0 aliphatic heterocycles. The molecule has 21 heavy (non-hydrogen) atoms. The summed E-state index contributed by atoms with van der Waals surface area (Å²) in [7, 11) is 0. The summed E-state index contributed by atoms with van der Waals surface area (Å²) in [6.07, 6.45) is 0. The van der Waals surface area contributed by atoms with E-state index in [4.69, 9.17) is 0 Å². The summed E-state index contributed by atoms with van der Waals surface area (Å²) in [5.74, 6) is -0.281. The lowest BCUT2D eigenvalue weighted by atomic mass is 10.1. The highest BCUT2D eigenvalue weighted by Gasteiger charge is 2.16. The molecular formula is C15H21N3O3. The molecule has 0 fully saturated rings. The van der Waals surface area contributed by atoms with E-state index in [1.54, 1.807) is 31.2 Å². The number of hydrogen-bond acceptors (Lipinski definition) is 3. The standard InChI is InChI=1S/C15H21N3O3/c1-9(2)16-14(20)10(3)17-15(21)18-13-7-5-12(6-8-13)11(4)19/h5-10H,1-4H3,(H,16,20)(H2,17,18,21). The van der Waals surface area contributed by atoms with Gasteiger partial charge in [-0.3, -0.25) is 9.59 Å². The van der Waals surface area contributed by atoms with Crippen LogP contribution in [-0.2, 0) is 4.79 Å². The third-order valence-corrected chi connectivity index (χ3v) is 2.72. The van der Waals surface area contributed by atoms with Crippen molar-refractivity contribution in [3.63, 3.8) is 0 Å². The molecule has 0 aliphatic rings. The molecule has 6 nitrogen and oxygen atoms in total. The minimum absolute atomic E-state index is 0.0175. The number of hydrogen-bond donors (Lipinski definition) is 3. The van der Waals surface area contributed by atoms with Crippen molar-refractivity contribution in [2.45, 2.75) is 39.8 Å². The molecule has 3 amide bonds. The lowest BCUT2D eigenvalue weighted by Crippen LogP contribution is -2.48. The molecule has 0 saturated heterocycles. The monoisotopic (exact) mass is 291 g/mol. The Kier molecular flexibility index (Phi) is 5.90. The lowest BCUT2D eigenvalue weighted by molar-refractivity contribution is -0.123. The van der Waals surface area contributed by atoms with Crippen molar-refractivity contribution < 1.29 is 14.4 Å². The summed E-state index contributed by atoms with van der Waals surface area (Å²) in [6, 6.07) is 5.44. The molecule has 0 heterocycles. The van der Waals surface area contributed by atoms with Crippen molar-refractivity contribution in [3.05, 3.63) is 29.8 Å². The number of carbonyl (C=O) groups excluding carboxylic acids is 3. The summed E-state index contributed by atoms with van der Waals surface area (Å²) in [4.78, 5) is 34.6. The fourth-order valence-electron chi connectivity index (χ4n) is 1.63. The van der Waals surface area contributed by atoms with Gasteiger partial charge in [0.25, 0.3) is 0 Å². The van der Waals surface area contributed by atoms with E-state index in [2.05, 4.69) is 16.0 Å². The maximum Gasteiger partial charge on any atom is 0.319 e. The Bertz CT molecular complexity index is 523. The van der Waals surface area contributed by atoms with Crippen LogP contribution in [-0.4, -0.2) is 29.8 Å². The Morgan fingerprint density at radius 3 is 2.00 bits per heavy atom. The van der Waals surface area contributed by atoms with Gasteiger partial charge < -0.3 is 16.0 Å². The van der Waals surface area contributed by atoms with E-state index in [1.165, 1.54) is 6.92 Å². The summed E-state index contributed by atoms with van der Waals surface area (Å²) >= 11 is 0. The van der Waals surface area contributed by atoms with Crippen LogP contribution in [0.5, 0.6) is 0 Å². The van der Waals surface area contributed by atoms with Gasteiger partial charge in [0.05, 0.1) is 0 Å². The maximum absolute atomic E-state index is 11.8. The maximum atomic E-state index is 11.8. The smallest absolute Gasteiger partial charge is 0.319 e. The third-order valence-electron chi connectivity index (χ3n) is 2.72. The SMILES string of the molecule is CC(=O)c1ccc(NC(=O)NC(C)C(=O)NC(C)C)cc1. The van der Waals surface area contributed by atoms with Crippen molar-refractivity contribution in [3.8, 4) is 0 Å². The van der Waals surface area contributed by atoms with Crippen LogP contribution >= 0.6 is 0 Å². The molecule has 3 N–H and O–H groups in total. The van der Waals surface area contributed by atoms with Crippen molar-refractivity contribution >= 4 is 23.4 Å². The highest BCUT2D eigenvalue weighted by atomic mass is 16.2. The Morgan fingerprint density at radius 1 is 0.952 bits per heavy atom. The van der Waals surface area contributed by atoms with E-state index in [1.807, 2.05) is 13.8 Å². The third kappa shape index (κ3) is 5.64. The lowest BCUT2D eigenvalue weighted by Gasteiger charge is -2.16. The van der Waals surface area contributed by atoms with Crippen LogP contribution in [0, 0.1) is 0 Å². The molecule has 1 atom stereocenters. The van der Waals surface area contributed by atoms with Crippen molar-refractivity contribution in [1.29, 1.82) is 0 Å². The Hall–Kier alpha value is -2.37. The minimum atomic E-state index is -0.635. The molecule has 0 saturated carbocycles. The Morgan fingerprint density at radius 2 is 1.52 bits per heavy atom. The number of anilines is 1. The van der Waals surface area contributed by atoms with E-state index >= 15 is 0 Å². The number of nitrogens with one attached hydrogen (secondary N) is 3. The molecule has 0 bridgehead atoms. The first-order chi connectivity index (χ1) is 9.79. The van der Waals surface area contributed by atoms with Crippen LogP contribution in [0.15, 0.2) is 24.3 Å². The van der Waals surface area contributed by atoms with Gasteiger partial charge in [0.15, 0.2) is 5.78 Å².